The molecule has 0 N–H and O–H groups in total. The summed E-state index contributed by atoms with van der Waals surface area (Å²) < 4.78 is 2.19. The van der Waals surface area contributed by atoms with Gasteiger partial charge in [0.25, 0.3) is 0 Å². The van der Waals surface area contributed by atoms with Gasteiger partial charge in [-0.1, -0.05) is 11.6 Å². The molecule has 0 aromatic rings. The Morgan fingerprint density at radius 2 is 1.88 bits per heavy atom. The standard InChI is InChI=1S/C15H20N/c1-11-10-14(13(3)12(11)2)7-8-15-6-5-9-16(15)4/h5,7-9H,6,10H2,1-4H3/q+1. The lowest BCUT2D eigenvalue weighted by Crippen LogP contribution is -2.03. The van der Waals surface area contributed by atoms with Crippen LogP contribution in [0.25, 0.3) is 0 Å². The van der Waals surface area contributed by atoms with Crippen LogP contribution in [0.5, 0.6) is 0 Å². The molecule has 0 unspecified atom stereocenters. The Bertz CT molecular complexity index is 468. The predicted octanol–water partition coefficient (Wildman–Crippen LogP) is 3.60. The average molecular weight is 214 g/mol. The van der Waals surface area contributed by atoms with Crippen LogP contribution in [0.15, 0.2) is 46.7 Å². The van der Waals surface area contributed by atoms with Gasteiger partial charge >= 0.3 is 0 Å². The van der Waals surface area contributed by atoms with Gasteiger partial charge in [-0.2, -0.15) is 0 Å². The van der Waals surface area contributed by atoms with Gasteiger partial charge in [-0.3, -0.25) is 0 Å². The lowest BCUT2D eigenvalue weighted by atomic mass is 10.1. The summed E-state index contributed by atoms with van der Waals surface area (Å²) in [5.74, 6) is 0. The van der Waals surface area contributed by atoms with Crippen LogP contribution in [0.3, 0.4) is 0 Å². The van der Waals surface area contributed by atoms with Crippen LogP contribution < -0.4 is 0 Å². The first kappa shape index (κ1) is 11.1. The lowest BCUT2D eigenvalue weighted by molar-refractivity contribution is -0.418. The van der Waals surface area contributed by atoms with E-state index >= 15 is 0 Å². The molecule has 0 amide bonds. The van der Waals surface area contributed by atoms with E-state index in [1.807, 2.05) is 0 Å². The van der Waals surface area contributed by atoms with Gasteiger partial charge in [-0.05, 0) is 50.0 Å². The Morgan fingerprint density at radius 1 is 1.12 bits per heavy atom. The molecule has 2 aliphatic rings. The fraction of sp³-hybridized carbons (Fsp3) is 0.400. The third-order valence-electron chi connectivity index (χ3n) is 3.73. The molecule has 2 rings (SSSR count). The summed E-state index contributed by atoms with van der Waals surface area (Å²) in [6, 6.07) is 0. The molecule has 16 heavy (non-hydrogen) atoms. The van der Waals surface area contributed by atoms with E-state index in [0.717, 1.165) is 12.8 Å². The van der Waals surface area contributed by atoms with Crippen LogP contribution >= 0.6 is 0 Å². The van der Waals surface area contributed by atoms with Gasteiger partial charge in [0.15, 0.2) is 11.9 Å². The highest BCUT2D eigenvalue weighted by atomic mass is 15.0. The highest BCUT2D eigenvalue weighted by molar-refractivity contribution is 5.93. The summed E-state index contributed by atoms with van der Waals surface area (Å²) in [5.41, 5.74) is 7.30. The SMILES string of the molecule is CC1=C(C)C(C)=C(C=CC2=[N+](C)C=CC2)C1. The molecule has 1 aliphatic heterocycles. The molecule has 1 heteroatoms. The smallest absolute Gasteiger partial charge is 0.185 e. The van der Waals surface area contributed by atoms with Crippen molar-refractivity contribution >= 4 is 5.71 Å². The second-order valence-electron chi connectivity index (χ2n) is 4.76. The molecule has 0 fully saturated rings. The van der Waals surface area contributed by atoms with E-state index in [2.05, 4.69) is 56.8 Å². The Hall–Kier alpha value is -1.37. The van der Waals surface area contributed by atoms with Crippen molar-refractivity contribution in [1.29, 1.82) is 0 Å². The first-order valence-electron chi connectivity index (χ1n) is 5.89. The molecular formula is C15H20N+. The summed E-state index contributed by atoms with van der Waals surface area (Å²) in [4.78, 5) is 0. The minimum absolute atomic E-state index is 1.06. The number of hydrogen-bond acceptors (Lipinski definition) is 0. The van der Waals surface area contributed by atoms with Crippen LogP contribution in [0, 0.1) is 0 Å². The number of allylic oxidation sites excluding steroid dienone is 7. The Balaban J connectivity index is 2.14. The molecule has 1 aliphatic carbocycles. The lowest BCUT2D eigenvalue weighted by Gasteiger charge is -1.97. The molecule has 0 aromatic carbocycles. The van der Waals surface area contributed by atoms with Crippen molar-refractivity contribution in [1.82, 2.24) is 0 Å². The third-order valence-corrected chi connectivity index (χ3v) is 3.73. The summed E-state index contributed by atoms with van der Waals surface area (Å²) >= 11 is 0. The highest BCUT2D eigenvalue weighted by Gasteiger charge is 2.14. The third kappa shape index (κ3) is 1.95. The molecule has 1 nitrogen and oxygen atoms in total. The molecule has 0 spiro atoms. The van der Waals surface area contributed by atoms with E-state index in [4.69, 9.17) is 0 Å². The van der Waals surface area contributed by atoms with Gasteiger partial charge in [0.2, 0.25) is 0 Å². The van der Waals surface area contributed by atoms with Gasteiger partial charge in [0, 0.05) is 6.08 Å². The number of hydrogen-bond donors (Lipinski definition) is 0. The zero-order valence-electron chi connectivity index (χ0n) is 10.7. The van der Waals surface area contributed by atoms with Crippen molar-refractivity contribution in [2.24, 2.45) is 0 Å². The van der Waals surface area contributed by atoms with Crippen LogP contribution in [0.1, 0.15) is 33.6 Å². The monoisotopic (exact) mass is 214 g/mol. The first-order chi connectivity index (χ1) is 7.59. The molecule has 0 aromatic heterocycles. The normalized spacial score (nSPS) is 21.2. The van der Waals surface area contributed by atoms with E-state index in [-0.39, 0.29) is 0 Å². The highest BCUT2D eigenvalue weighted by Crippen LogP contribution is 2.32. The maximum atomic E-state index is 2.29. The summed E-state index contributed by atoms with van der Waals surface area (Å²) in [5, 5.41) is 0. The maximum Gasteiger partial charge on any atom is 0.185 e. The summed E-state index contributed by atoms with van der Waals surface area (Å²) in [6.45, 7) is 6.69. The summed E-state index contributed by atoms with van der Waals surface area (Å²) in [7, 11) is 2.10. The van der Waals surface area contributed by atoms with Gasteiger partial charge in [-0.15, -0.1) is 0 Å². The van der Waals surface area contributed by atoms with Crippen molar-refractivity contribution in [3.63, 3.8) is 0 Å². The maximum absolute atomic E-state index is 2.29. The van der Waals surface area contributed by atoms with E-state index in [9.17, 15) is 0 Å². The van der Waals surface area contributed by atoms with Crippen LogP contribution in [0.2, 0.25) is 0 Å². The second-order valence-corrected chi connectivity index (χ2v) is 4.76. The first-order valence-corrected chi connectivity index (χ1v) is 5.89. The fourth-order valence-corrected chi connectivity index (χ4v) is 2.25. The molecule has 84 valence electrons. The van der Waals surface area contributed by atoms with Crippen molar-refractivity contribution in [3.05, 3.63) is 46.7 Å². The Labute approximate surface area is 98.2 Å². The van der Waals surface area contributed by atoms with E-state index in [1.165, 1.54) is 28.0 Å². The molecule has 0 bridgehead atoms. The Kier molecular flexibility index (Phi) is 2.95. The molecule has 0 saturated carbocycles. The zero-order valence-corrected chi connectivity index (χ0v) is 10.7. The molecule has 0 radical (unpaired) electrons. The van der Waals surface area contributed by atoms with Crippen molar-refractivity contribution in [2.75, 3.05) is 7.05 Å². The minimum atomic E-state index is 1.06. The van der Waals surface area contributed by atoms with Crippen molar-refractivity contribution in [3.8, 4) is 0 Å². The predicted molar refractivity (Wildman–Crippen MR) is 69.8 cm³/mol. The number of nitrogens with zero attached hydrogens (tertiary/aromatic N) is 1. The average Bonchev–Trinajstić information content (AvgIpc) is 2.76. The largest absolute Gasteiger partial charge is 0.205 e. The molecule has 0 atom stereocenters. The Morgan fingerprint density at radius 3 is 2.38 bits per heavy atom. The van der Waals surface area contributed by atoms with Crippen molar-refractivity contribution < 1.29 is 4.58 Å². The summed E-state index contributed by atoms with van der Waals surface area (Å²) in [6.07, 6.45) is 11.1. The zero-order chi connectivity index (χ0) is 11.7. The van der Waals surface area contributed by atoms with Crippen LogP contribution in [-0.2, 0) is 0 Å². The quantitative estimate of drug-likeness (QED) is 0.618. The topological polar surface area (TPSA) is 3.01 Å². The number of rotatable bonds is 2. The van der Waals surface area contributed by atoms with Gasteiger partial charge in [-0.25, -0.2) is 4.58 Å². The van der Waals surface area contributed by atoms with Crippen LogP contribution in [0.4, 0.5) is 0 Å². The van der Waals surface area contributed by atoms with E-state index in [1.54, 1.807) is 0 Å². The molecular weight excluding hydrogens is 194 g/mol. The fourth-order valence-electron chi connectivity index (χ4n) is 2.25. The second kappa shape index (κ2) is 4.25. The van der Waals surface area contributed by atoms with Crippen LogP contribution in [-0.4, -0.2) is 17.3 Å². The minimum Gasteiger partial charge on any atom is -0.205 e. The molecule has 0 saturated heterocycles. The molecule has 1 heterocycles. The van der Waals surface area contributed by atoms with Gasteiger partial charge in [0.05, 0.1) is 6.42 Å². The van der Waals surface area contributed by atoms with Gasteiger partial charge in [0.1, 0.15) is 7.05 Å². The van der Waals surface area contributed by atoms with Gasteiger partial charge < -0.3 is 0 Å². The van der Waals surface area contributed by atoms with E-state index in [0.29, 0.717) is 0 Å². The van der Waals surface area contributed by atoms with Crippen molar-refractivity contribution in [2.45, 2.75) is 33.6 Å². The van der Waals surface area contributed by atoms with E-state index < -0.39 is 0 Å².